The molecule has 2 aromatic carbocycles. The van der Waals surface area contributed by atoms with Gasteiger partial charge in [0.15, 0.2) is 0 Å². The molecule has 0 saturated carbocycles. The number of alkyl halides is 1. The van der Waals surface area contributed by atoms with Crippen LogP contribution in [0.3, 0.4) is 0 Å². The van der Waals surface area contributed by atoms with Gasteiger partial charge in [0.25, 0.3) is 0 Å². The van der Waals surface area contributed by atoms with Gasteiger partial charge in [-0.2, -0.15) is 0 Å². The van der Waals surface area contributed by atoms with Crippen molar-refractivity contribution in [3.8, 4) is 11.5 Å². The number of hydrogen-bond donors (Lipinski definition) is 0. The summed E-state index contributed by atoms with van der Waals surface area (Å²) in [6.07, 6.45) is 0. The largest absolute Gasteiger partial charge is 0.496 e. The van der Waals surface area contributed by atoms with Gasteiger partial charge in [-0.05, 0) is 37.1 Å². The van der Waals surface area contributed by atoms with Crippen molar-refractivity contribution in [1.29, 1.82) is 0 Å². The van der Waals surface area contributed by atoms with Crippen molar-refractivity contribution >= 4 is 11.6 Å². The highest BCUT2D eigenvalue weighted by molar-refractivity contribution is 6.22. The highest BCUT2D eigenvalue weighted by atomic mass is 35.5. The number of aryl methyl sites for hydroxylation is 2. The van der Waals surface area contributed by atoms with Crippen LogP contribution in [-0.2, 0) is 0 Å². The lowest BCUT2D eigenvalue weighted by Crippen LogP contribution is -1.99. The molecule has 0 N–H and O–H groups in total. The van der Waals surface area contributed by atoms with Crippen molar-refractivity contribution in [1.82, 2.24) is 0 Å². The minimum absolute atomic E-state index is 0.241. The third kappa shape index (κ3) is 2.91. The number of benzene rings is 2. The van der Waals surface area contributed by atoms with Crippen molar-refractivity contribution in [2.75, 3.05) is 14.2 Å². The van der Waals surface area contributed by atoms with Crippen LogP contribution in [0.1, 0.15) is 27.6 Å². The first-order valence-electron chi connectivity index (χ1n) is 6.50. The molecule has 0 bridgehead atoms. The third-order valence-electron chi connectivity index (χ3n) is 3.37. The second-order valence-corrected chi connectivity index (χ2v) is 5.27. The third-order valence-corrected chi connectivity index (χ3v) is 3.86. The van der Waals surface area contributed by atoms with E-state index in [9.17, 15) is 0 Å². The average Bonchev–Trinajstić information content (AvgIpc) is 2.46. The van der Waals surface area contributed by atoms with Crippen molar-refractivity contribution in [2.24, 2.45) is 0 Å². The van der Waals surface area contributed by atoms with Crippen molar-refractivity contribution in [3.05, 3.63) is 58.7 Å². The van der Waals surface area contributed by atoms with E-state index in [0.29, 0.717) is 0 Å². The van der Waals surface area contributed by atoms with Crippen molar-refractivity contribution in [2.45, 2.75) is 19.2 Å². The summed E-state index contributed by atoms with van der Waals surface area (Å²) >= 11 is 6.63. The molecule has 0 radical (unpaired) electrons. The number of rotatable bonds is 4. The van der Waals surface area contributed by atoms with Gasteiger partial charge >= 0.3 is 0 Å². The van der Waals surface area contributed by atoms with E-state index in [0.717, 1.165) is 33.8 Å². The second kappa shape index (κ2) is 6.19. The van der Waals surface area contributed by atoms with E-state index in [1.165, 1.54) is 0 Å². The minimum Gasteiger partial charge on any atom is -0.496 e. The molecule has 106 valence electrons. The molecule has 2 rings (SSSR count). The zero-order valence-corrected chi connectivity index (χ0v) is 13.0. The standard InChI is InChI=1S/C17H19ClO2/c1-11-5-7-16(20-4)14(9-11)17(18)13-6-8-15(19-3)12(2)10-13/h5-10,17H,1-4H3. The lowest BCUT2D eigenvalue weighted by Gasteiger charge is -2.16. The summed E-state index contributed by atoms with van der Waals surface area (Å²) in [5.41, 5.74) is 4.26. The predicted molar refractivity (Wildman–Crippen MR) is 83.2 cm³/mol. The summed E-state index contributed by atoms with van der Waals surface area (Å²) in [4.78, 5) is 0. The number of halogens is 1. The van der Waals surface area contributed by atoms with Gasteiger partial charge in [-0.1, -0.05) is 29.8 Å². The summed E-state index contributed by atoms with van der Waals surface area (Å²) in [6.45, 7) is 4.06. The maximum Gasteiger partial charge on any atom is 0.123 e. The summed E-state index contributed by atoms with van der Waals surface area (Å²) in [6, 6.07) is 12.0. The maximum absolute atomic E-state index is 6.63. The molecular weight excluding hydrogens is 272 g/mol. The van der Waals surface area contributed by atoms with Gasteiger partial charge in [0.2, 0.25) is 0 Å². The lowest BCUT2D eigenvalue weighted by molar-refractivity contribution is 0.409. The molecule has 0 aliphatic heterocycles. The van der Waals surface area contributed by atoms with Crippen LogP contribution in [0.15, 0.2) is 36.4 Å². The van der Waals surface area contributed by atoms with Crippen molar-refractivity contribution in [3.63, 3.8) is 0 Å². The van der Waals surface area contributed by atoms with E-state index in [4.69, 9.17) is 21.1 Å². The predicted octanol–water partition coefficient (Wildman–Crippen LogP) is 4.65. The first-order chi connectivity index (χ1) is 9.56. The van der Waals surface area contributed by atoms with Crippen LogP contribution in [0.2, 0.25) is 0 Å². The Balaban J connectivity index is 2.43. The molecule has 1 unspecified atom stereocenters. The number of hydrogen-bond acceptors (Lipinski definition) is 2. The Bertz CT molecular complexity index is 608. The van der Waals surface area contributed by atoms with Crippen LogP contribution in [-0.4, -0.2) is 14.2 Å². The van der Waals surface area contributed by atoms with Gasteiger partial charge in [0.05, 0.1) is 19.6 Å². The molecule has 3 heteroatoms. The quantitative estimate of drug-likeness (QED) is 0.763. The second-order valence-electron chi connectivity index (χ2n) is 4.84. The normalized spacial score (nSPS) is 12.1. The lowest BCUT2D eigenvalue weighted by atomic mass is 10.00. The highest BCUT2D eigenvalue weighted by Gasteiger charge is 2.16. The first kappa shape index (κ1) is 14.7. The Morgan fingerprint density at radius 1 is 0.900 bits per heavy atom. The van der Waals surface area contributed by atoms with Gasteiger partial charge < -0.3 is 9.47 Å². The fourth-order valence-electron chi connectivity index (χ4n) is 2.29. The molecule has 0 fully saturated rings. The Labute approximate surface area is 125 Å². The van der Waals surface area contributed by atoms with Gasteiger partial charge in [-0.15, -0.1) is 11.6 Å². The molecule has 2 aromatic rings. The molecule has 0 aliphatic rings. The van der Waals surface area contributed by atoms with Gasteiger partial charge in [-0.25, -0.2) is 0 Å². The molecule has 0 heterocycles. The monoisotopic (exact) mass is 290 g/mol. The van der Waals surface area contributed by atoms with Gasteiger partial charge in [0, 0.05) is 5.56 Å². The van der Waals surface area contributed by atoms with Crippen LogP contribution in [0.5, 0.6) is 11.5 Å². The van der Waals surface area contributed by atoms with Crippen LogP contribution in [0.4, 0.5) is 0 Å². The summed E-state index contributed by atoms with van der Waals surface area (Å²) in [5, 5.41) is -0.241. The maximum atomic E-state index is 6.63. The van der Waals surface area contributed by atoms with E-state index < -0.39 is 0 Å². The Hall–Kier alpha value is -1.67. The number of ether oxygens (including phenoxy) is 2. The highest BCUT2D eigenvalue weighted by Crippen LogP contribution is 2.37. The van der Waals surface area contributed by atoms with Crippen LogP contribution >= 0.6 is 11.6 Å². The molecule has 0 aliphatic carbocycles. The SMILES string of the molecule is COc1ccc(C(Cl)c2cc(C)ccc2OC)cc1C. The molecule has 0 spiro atoms. The van der Waals surface area contributed by atoms with E-state index in [-0.39, 0.29) is 5.38 Å². The smallest absolute Gasteiger partial charge is 0.123 e. The molecule has 1 atom stereocenters. The van der Waals surface area contributed by atoms with Crippen molar-refractivity contribution < 1.29 is 9.47 Å². The Kier molecular flexibility index (Phi) is 4.56. The number of methoxy groups -OCH3 is 2. The summed E-state index contributed by atoms with van der Waals surface area (Å²) in [7, 11) is 3.33. The zero-order valence-electron chi connectivity index (χ0n) is 12.2. The zero-order chi connectivity index (χ0) is 14.7. The van der Waals surface area contributed by atoms with E-state index in [2.05, 4.69) is 12.1 Å². The average molecular weight is 291 g/mol. The first-order valence-corrected chi connectivity index (χ1v) is 6.93. The molecular formula is C17H19ClO2. The Morgan fingerprint density at radius 3 is 2.15 bits per heavy atom. The van der Waals surface area contributed by atoms with Crippen LogP contribution in [0.25, 0.3) is 0 Å². The van der Waals surface area contributed by atoms with Crippen LogP contribution in [0, 0.1) is 13.8 Å². The van der Waals surface area contributed by atoms with Crippen LogP contribution < -0.4 is 9.47 Å². The van der Waals surface area contributed by atoms with Gasteiger partial charge in [-0.3, -0.25) is 0 Å². The summed E-state index contributed by atoms with van der Waals surface area (Å²) < 4.78 is 10.7. The van der Waals surface area contributed by atoms with E-state index >= 15 is 0 Å². The molecule has 2 nitrogen and oxygen atoms in total. The molecule has 20 heavy (non-hydrogen) atoms. The topological polar surface area (TPSA) is 18.5 Å². The molecule has 0 aromatic heterocycles. The fraction of sp³-hybridized carbons (Fsp3) is 0.294. The molecule has 0 saturated heterocycles. The van der Waals surface area contributed by atoms with Gasteiger partial charge in [0.1, 0.15) is 11.5 Å². The Morgan fingerprint density at radius 2 is 1.55 bits per heavy atom. The summed E-state index contributed by atoms with van der Waals surface area (Å²) in [5.74, 6) is 1.68. The van der Waals surface area contributed by atoms with E-state index in [1.54, 1.807) is 14.2 Å². The fourth-order valence-corrected chi connectivity index (χ4v) is 2.60. The minimum atomic E-state index is -0.241. The molecule has 0 amide bonds. The van der Waals surface area contributed by atoms with E-state index in [1.807, 2.05) is 38.1 Å².